The fourth-order valence-corrected chi connectivity index (χ4v) is 6.04. The van der Waals surface area contributed by atoms with Gasteiger partial charge in [0.25, 0.3) is 15.9 Å². The zero-order valence-corrected chi connectivity index (χ0v) is 20.5. The lowest BCUT2D eigenvalue weighted by Crippen LogP contribution is -2.31. The average molecular weight is 479 g/mol. The summed E-state index contributed by atoms with van der Waals surface area (Å²) in [5.74, 6) is -0.181. The van der Waals surface area contributed by atoms with Gasteiger partial charge in [0, 0.05) is 16.9 Å². The van der Waals surface area contributed by atoms with Crippen LogP contribution in [0.5, 0.6) is 0 Å². The number of carbonyl (C=O) groups excluding carboxylic acids is 1. The number of fused-ring (bicyclic) bond motifs is 1. The van der Waals surface area contributed by atoms with Crippen LogP contribution >= 0.6 is 11.3 Å². The summed E-state index contributed by atoms with van der Waals surface area (Å²) in [4.78, 5) is 13.6. The molecule has 1 amide bonds. The van der Waals surface area contributed by atoms with Crippen molar-refractivity contribution >= 4 is 48.7 Å². The molecule has 0 atom stereocenters. The molecule has 4 aromatic rings. The third-order valence-electron chi connectivity index (χ3n) is 5.36. The molecule has 0 unspecified atom stereocenters. The Hall–Kier alpha value is -3.16. The van der Waals surface area contributed by atoms with Gasteiger partial charge in [0.15, 0.2) is 0 Å². The van der Waals surface area contributed by atoms with Gasteiger partial charge in [0.1, 0.15) is 0 Å². The molecule has 0 aliphatic carbocycles. The Kier molecular flexibility index (Phi) is 6.54. The van der Waals surface area contributed by atoms with Gasteiger partial charge in [0.05, 0.1) is 15.5 Å². The number of benzene rings is 3. The maximum atomic E-state index is 13.4. The zero-order valence-electron chi connectivity index (χ0n) is 18.8. The predicted molar refractivity (Wildman–Crippen MR) is 137 cm³/mol. The Balaban J connectivity index is 1.65. The number of nitrogens with one attached hydrogen (secondary N) is 1. The van der Waals surface area contributed by atoms with Crippen LogP contribution in [0.3, 0.4) is 0 Å². The fraction of sp³-hybridized carbons (Fsp3) is 0.192. The van der Waals surface area contributed by atoms with E-state index in [9.17, 15) is 13.2 Å². The van der Waals surface area contributed by atoms with Gasteiger partial charge in [-0.3, -0.25) is 9.10 Å². The molecule has 7 heteroatoms. The van der Waals surface area contributed by atoms with Crippen molar-refractivity contribution in [3.05, 3.63) is 88.8 Å². The highest BCUT2D eigenvalue weighted by Gasteiger charge is 2.24. The maximum absolute atomic E-state index is 13.4. The Bertz CT molecular complexity index is 1390. The highest BCUT2D eigenvalue weighted by atomic mass is 32.2. The number of hydrogen-bond donors (Lipinski definition) is 1. The first-order valence-electron chi connectivity index (χ1n) is 10.8. The van der Waals surface area contributed by atoms with E-state index in [1.807, 2.05) is 69.3 Å². The summed E-state index contributed by atoms with van der Waals surface area (Å²) in [6.45, 7) is 6.24. The van der Waals surface area contributed by atoms with Gasteiger partial charge in [-0.1, -0.05) is 42.3 Å². The first kappa shape index (κ1) is 23.0. The topological polar surface area (TPSA) is 66.5 Å². The SMILES string of the molecule is CCCN(c1ccc2sc(C(=O)Nc3ccc(C)cc3)cc2c1)S(=O)(=O)c1ccc(C)cc1. The van der Waals surface area contributed by atoms with E-state index in [1.165, 1.54) is 15.6 Å². The molecule has 3 aromatic carbocycles. The minimum atomic E-state index is -3.70. The van der Waals surface area contributed by atoms with Crippen molar-refractivity contribution in [3.63, 3.8) is 0 Å². The van der Waals surface area contributed by atoms with E-state index in [4.69, 9.17) is 0 Å². The van der Waals surface area contributed by atoms with Crippen LogP contribution in [0.4, 0.5) is 11.4 Å². The molecule has 1 aromatic heterocycles. The molecule has 33 heavy (non-hydrogen) atoms. The number of rotatable bonds is 7. The van der Waals surface area contributed by atoms with Crippen LogP contribution in [0.15, 0.2) is 77.7 Å². The lowest BCUT2D eigenvalue weighted by atomic mass is 10.2. The molecule has 4 rings (SSSR count). The molecular weight excluding hydrogens is 452 g/mol. The molecular formula is C26H26N2O3S2. The van der Waals surface area contributed by atoms with Gasteiger partial charge >= 0.3 is 0 Å². The van der Waals surface area contributed by atoms with Crippen molar-refractivity contribution in [3.8, 4) is 0 Å². The Morgan fingerprint density at radius 2 is 1.55 bits per heavy atom. The van der Waals surface area contributed by atoms with Gasteiger partial charge in [-0.25, -0.2) is 8.42 Å². The second-order valence-electron chi connectivity index (χ2n) is 8.04. The molecule has 1 heterocycles. The number of sulfonamides is 1. The zero-order chi connectivity index (χ0) is 23.6. The highest BCUT2D eigenvalue weighted by Crippen LogP contribution is 2.32. The van der Waals surface area contributed by atoms with Crippen LogP contribution in [-0.4, -0.2) is 20.9 Å². The van der Waals surface area contributed by atoms with Crippen LogP contribution in [0.25, 0.3) is 10.1 Å². The van der Waals surface area contributed by atoms with Crippen LogP contribution in [0.2, 0.25) is 0 Å². The summed E-state index contributed by atoms with van der Waals surface area (Å²) in [6.07, 6.45) is 0.678. The lowest BCUT2D eigenvalue weighted by molar-refractivity contribution is 0.103. The van der Waals surface area contributed by atoms with Gasteiger partial charge < -0.3 is 5.32 Å². The average Bonchev–Trinajstić information content (AvgIpc) is 3.23. The number of thiophene rings is 1. The summed E-state index contributed by atoms with van der Waals surface area (Å²) in [5.41, 5.74) is 3.46. The number of nitrogens with zero attached hydrogens (tertiary/aromatic N) is 1. The van der Waals surface area contributed by atoms with Crippen LogP contribution in [0, 0.1) is 13.8 Å². The second kappa shape index (κ2) is 9.37. The summed E-state index contributed by atoms with van der Waals surface area (Å²) in [5, 5.41) is 3.76. The predicted octanol–water partition coefficient (Wildman–Crippen LogP) is 6.38. The lowest BCUT2D eigenvalue weighted by Gasteiger charge is -2.24. The molecule has 0 fully saturated rings. The van der Waals surface area contributed by atoms with E-state index < -0.39 is 10.0 Å². The standard InChI is InChI=1S/C26H26N2O3S2/c1-4-15-28(33(30,31)23-12-7-19(3)8-13-23)22-11-14-24-20(16-22)17-25(32-24)26(29)27-21-9-5-18(2)6-10-21/h5-14,16-17H,4,15H2,1-3H3,(H,27,29). The normalized spacial score (nSPS) is 11.5. The van der Waals surface area contributed by atoms with E-state index in [1.54, 1.807) is 24.3 Å². The van der Waals surface area contributed by atoms with Crippen molar-refractivity contribution in [2.24, 2.45) is 0 Å². The van der Waals surface area contributed by atoms with E-state index in [2.05, 4.69) is 5.32 Å². The van der Waals surface area contributed by atoms with E-state index >= 15 is 0 Å². The van der Waals surface area contributed by atoms with E-state index in [0.29, 0.717) is 23.5 Å². The smallest absolute Gasteiger partial charge is 0.265 e. The second-order valence-corrected chi connectivity index (χ2v) is 11.0. The highest BCUT2D eigenvalue weighted by molar-refractivity contribution is 7.92. The van der Waals surface area contributed by atoms with Crippen molar-refractivity contribution in [2.75, 3.05) is 16.2 Å². The molecule has 0 aliphatic rings. The molecule has 0 saturated carbocycles. The Morgan fingerprint density at radius 1 is 0.909 bits per heavy atom. The van der Waals surface area contributed by atoms with Crippen LogP contribution in [-0.2, 0) is 10.0 Å². The third kappa shape index (κ3) is 4.94. The summed E-state index contributed by atoms with van der Waals surface area (Å²) in [6, 6.07) is 21.9. The molecule has 0 spiro atoms. The van der Waals surface area contributed by atoms with E-state index in [-0.39, 0.29) is 10.8 Å². The summed E-state index contributed by atoms with van der Waals surface area (Å²) < 4.78 is 29.1. The van der Waals surface area contributed by atoms with Crippen molar-refractivity contribution in [1.82, 2.24) is 0 Å². The molecule has 0 radical (unpaired) electrons. The largest absolute Gasteiger partial charge is 0.321 e. The fourth-order valence-electron chi connectivity index (χ4n) is 3.56. The number of amides is 1. The third-order valence-corrected chi connectivity index (χ3v) is 8.31. The Labute approximate surface area is 198 Å². The number of hydrogen-bond acceptors (Lipinski definition) is 4. The summed E-state index contributed by atoms with van der Waals surface area (Å²) in [7, 11) is -3.70. The number of anilines is 2. The monoisotopic (exact) mass is 478 g/mol. The van der Waals surface area contributed by atoms with Crippen molar-refractivity contribution in [2.45, 2.75) is 32.1 Å². The molecule has 170 valence electrons. The van der Waals surface area contributed by atoms with Gasteiger partial charge in [-0.2, -0.15) is 0 Å². The Morgan fingerprint density at radius 3 is 2.18 bits per heavy atom. The molecule has 5 nitrogen and oxygen atoms in total. The molecule has 1 N–H and O–H groups in total. The number of aryl methyl sites for hydroxylation is 2. The van der Waals surface area contributed by atoms with Crippen molar-refractivity contribution in [1.29, 1.82) is 0 Å². The maximum Gasteiger partial charge on any atom is 0.265 e. The number of carbonyl (C=O) groups is 1. The first-order valence-corrected chi connectivity index (χ1v) is 13.0. The molecule has 0 saturated heterocycles. The van der Waals surface area contributed by atoms with Crippen molar-refractivity contribution < 1.29 is 13.2 Å². The summed E-state index contributed by atoms with van der Waals surface area (Å²) >= 11 is 1.39. The van der Waals surface area contributed by atoms with Gasteiger partial charge in [0.2, 0.25) is 0 Å². The quantitative estimate of drug-likeness (QED) is 0.335. The van der Waals surface area contributed by atoms with Gasteiger partial charge in [-0.15, -0.1) is 11.3 Å². The molecule has 0 bridgehead atoms. The minimum absolute atomic E-state index is 0.181. The van der Waals surface area contributed by atoms with E-state index in [0.717, 1.165) is 26.9 Å². The minimum Gasteiger partial charge on any atom is -0.321 e. The molecule has 0 aliphatic heterocycles. The first-order chi connectivity index (χ1) is 15.8. The van der Waals surface area contributed by atoms with Gasteiger partial charge in [-0.05, 0) is 74.2 Å². The van der Waals surface area contributed by atoms with Crippen LogP contribution < -0.4 is 9.62 Å². The van der Waals surface area contributed by atoms with Crippen LogP contribution in [0.1, 0.15) is 34.1 Å².